The summed E-state index contributed by atoms with van der Waals surface area (Å²) in [6, 6.07) is 10.7. The lowest BCUT2D eigenvalue weighted by molar-refractivity contribution is -0.114. The molecule has 0 aliphatic carbocycles. The van der Waals surface area contributed by atoms with Crippen LogP contribution in [-0.2, 0) is 14.8 Å². The number of carbonyl (C=O) groups is 1. The molecule has 0 aliphatic heterocycles. The highest BCUT2D eigenvalue weighted by Gasteiger charge is 2.21. The SMILES string of the molecule is CS(=O)(=O)N(CC(=O)Nc1cc(Cl)ccc1Cl)c1ccc(Cl)cc1. The Hall–Kier alpha value is -1.47. The van der Waals surface area contributed by atoms with Gasteiger partial charge in [0.25, 0.3) is 0 Å². The van der Waals surface area contributed by atoms with Crippen LogP contribution in [-0.4, -0.2) is 27.1 Å². The minimum absolute atomic E-state index is 0.296. The molecule has 0 atom stereocenters. The van der Waals surface area contributed by atoms with E-state index in [9.17, 15) is 13.2 Å². The van der Waals surface area contributed by atoms with Gasteiger partial charge in [-0.25, -0.2) is 8.42 Å². The highest BCUT2D eigenvalue weighted by molar-refractivity contribution is 7.92. The first-order chi connectivity index (χ1) is 11.2. The van der Waals surface area contributed by atoms with Gasteiger partial charge in [0.05, 0.1) is 22.7 Å². The van der Waals surface area contributed by atoms with Crippen LogP contribution in [0, 0.1) is 0 Å². The normalized spacial score (nSPS) is 11.2. The molecule has 9 heteroatoms. The summed E-state index contributed by atoms with van der Waals surface area (Å²) in [5, 5.41) is 3.70. The van der Waals surface area contributed by atoms with E-state index < -0.39 is 22.5 Å². The highest BCUT2D eigenvalue weighted by Crippen LogP contribution is 2.26. The molecular weight excluding hydrogens is 395 g/mol. The first-order valence-electron chi connectivity index (χ1n) is 6.65. The molecule has 0 saturated carbocycles. The lowest BCUT2D eigenvalue weighted by Crippen LogP contribution is -2.37. The molecule has 0 aromatic heterocycles. The molecule has 0 heterocycles. The molecule has 2 rings (SSSR count). The maximum absolute atomic E-state index is 12.2. The summed E-state index contributed by atoms with van der Waals surface area (Å²) >= 11 is 17.6. The van der Waals surface area contributed by atoms with E-state index in [-0.39, 0.29) is 0 Å². The van der Waals surface area contributed by atoms with Crippen molar-refractivity contribution in [3.63, 3.8) is 0 Å². The zero-order valence-corrected chi connectivity index (χ0v) is 15.5. The van der Waals surface area contributed by atoms with Crippen LogP contribution in [0.3, 0.4) is 0 Å². The Bertz CT molecular complexity index is 855. The number of anilines is 2. The molecule has 1 amide bonds. The minimum atomic E-state index is -3.67. The van der Waals surface area contributed by atoms with Crippen molar-refractivity contribution >= 4 is 62.1 Å². The number of nitrogens with zero attached hydrogens (tertiary/aromatic N) is 1. The molecule has 24 heavy (non-hydrogen) atoms. The lowest BCUT2D eigenvalue weighted by Gasteiger charge is -2.22. The predicted octanol–water partition coefficient (Wildman–Crippen LogP) is 4.05. The van der Waals surface area contributed by atoms with Crippen LogP contribution >= 0.6 is 34.8 Å². The highest BCUT2D eigenvalue weighted by atomic mass is 35.5. The van der Waals surface area contributed by atoms with Gasteiger partial charge in [-0.05, 0) is 42.5 Å². The van der Waals surface area contributed by atoms with Crippen molar-refractivity contribution in [1.29, 1.82) is 0 Å². The van der Waals surface area contributed by atoms with Crippen LogP contribution in [0.5, 0.6) is 0 Å². The zero-order chi connectivity index (χ0) is 17.9. The second kappa shape index (κ2) is 7.61. The Morgan fingerprint density at radius 3 is 2.21 bits per heavy atom. The molecule has 2 aromatic rings. The number of sulfonamides is 1. The van der Waals surface area contributed by atoms with Gasteiger partial charge in [-0.15, -0.1) is 0 Å². The van der Waals surface area contributed by atoms with Crippen LogP contribution < -0.4 is 9.62 Å². The maximum Gasteiger partial charge on any atom is 0.245 e. The number of carbonyl (C=O) groups excluding carboxylic acids is 1. The van der Waals surface area contributed by atoms with E-state index in [1.807, 2.05) is 0 Å². The van der Waals surface area contributed by atoms with Gasteiger partial charge in [0.1, 0.15) is 6.54 Å². The van der Waals surface area contributed by atoms with Gasteiger partial charge in [0.2, 0.25) is 15.9 Å². The van der Waals surface area contributed by atoms with Gasteiger partial charge in [-0.2, -0.15) is 0 Å². The molecule has 0 radical (unpaired) electrons. The van der Waals surface area contributed by atoms with Crippen molar-refractivity contribution in [1.82, 2.24) is 0 Å². The van der Waals surface area contributed by atoms with Gasteiger partial charge in [-0.1, -0.05) is 34.8 Å². The van der Waals surface area contributed by atoms with Crippen molar-refractivity contribution in [3.05, 3.63) is 57.5 Å². The standard InChI is InChI=1S/C15H13Cl3N2O3S/c1-24(22,23)20(12-5-2-10(16)3-6-12)9-15(21)19-14-8-11(17)4-7-13(14)18/h2-8H,9H2,1H3,(H,19,21). The Kier molecular flexibility index (Phi) is 5.98. The molecule has 0 fully saturated rings. The van der Waals surface area contributed by atoms with Crippen molar-refractivity contribution in [2.24, 2.45) is 0 Å². The number of halogens is 3. The van der Waals surface area contributed by atoms with E-state index in [1.54, 1.807) is 18.2 Å². The molecule has 128 valence electrons. The van der Waals surface area contributed by atoms with Crippen molar-refractivity contribution in [3.8, 4) is 0 Å². The second-order valence-electron chi connectivity index (χ2n) is 4.92. The van der Waals surface area contributed by atoms with E-state index >= 15 is 0 Å². The molecule has 0 unspecified atom stereocenters. The minimum Gasteiger partial charge on any atom is -0.323 e. The number of amides is 1. The fraction of sp³-hybridized carbons (Fsp3) is 0.133. The van der Waals surface area contributed by atoms with Crippen molar-refractivity contribution in [2.45, 2.75) is 0 Å². The second-order valence-corrected chi connectivity index (χ2v) is 8.11. The molecular formula is C15H13Cl3N2O3S. The first kappa shape index (κ1) is 18.9. The summed E-state index contributed by atoms with van der Waals surface area (Å²) in [7, 11) is -3.67. The van der Waals surface area contributed by atoms with Crippen LogP contribution in [0.2, 0.25) is 15.1 Å². The molecule has 5 nitrogen and oxygen atoms in total. The van der Waals surface area contributed by atoms with Gasteiger partial charge >= 0.3 is 0 Å². The third-order valence-electron chi connectivity index (χ3n) is 3.00. The average molecular weight is 408 g/mol. The molecule has 2 aromatic carbocycles. The van der Waals surface area contributed by atoms with Crippen molar-refractivity contribution < 1.29 is 13.2 Å². The molecule has 0 bridgehead atoms. The van der Waals surface area contributed by atoms with E-state index in [1.165, 1.54) is 24.3 Å². The van der Waals surface area contributed by atoms with E-state index in [0.29, 0.717) is 26.4 Å². The smallest absolute Gasteiger partial charge is 0.245 e. The lowest BCUT2D eigenvalue weighted by atomic mass is 10.3. The topological polar surface area (TPSA) is 66.5 Å². The van der Waals surface area contributed by atoms with Gasteiger partial charge in [0.15, 0.2) is 0 Å². The third kappa shape index (κ3) is 5.01. The van der Waals surface area contributed by atoms with Gasteiger partial charge in [0, 0.05) is 10.0 Å². The number of hydrogen-bond donors (Lipinski definition) is 1. The zero-order valence-electron chi connectivity index (χ0n) is 12.5. The summed E-state index contributed by atoms with van der Waals surface area (Å²) in [6.45, 7) is -0.413. The van der Waals surface area contributed by atoms with Crippen LogP contribution in [0.1, 0.15) is 0 Å². The van der Waals surface area contributed by atoms with E-state index in [2.05, 4.69) is 5.32 Å². The van der Waals surface area contributed by atoms with E-state index in [0.717, 1.165) is 10.6 Å². The van der Waals surface area contributed by atoms with Gasteiger partial charge < -0.3 is 5.32 Å². The number of nitrogens with one attached hydrogen (secondary N) is 1. The summed E-state index contributed by atoms with van der Waals surface area (Å²) in [5.41, 5.74) is 0.632. The van der Waals surface area contributed by atoms with E-state index in [4.69, 9.17) is 34.8 Å². The fourth-order valence-corrected chi connectivity index (χ4v) is 3.24. The maximum atomic E-state index is 12.2. The molecule has 0 aliphatic rings. The number of rotatable bonds is 5. The summed E-state index contributed by atoms with van der Waals surface area (Å²) in [6.07, 6.45) is 1.02. The fourth-order valence-electron chi connectivity index (χ4n) is 1.92. The number of hydrogen-bond acceptors (Lipinski definition) is 3. The number of benzene rings is 2. The van der Waals surface area contributed by atoms with Crippen LogP contribution in [0.4, 0.5) is 11.4 Å². The monoisotopic (exact) mass is 406 g/mol. The van der Waals surface area contributed by atoms with Crippen LogP contribution in [0.25, 0.3) is 0 Å². The molecule has 1 N–H and O–H groups in total. The third-order valence-corrected chi connectivity index (χ3v) is 4.96. The quantitative estimate of drug-likeness (QED) is 0.813. The molecule has 0 spiro atoms. The van der Waals surface area contributed by atoms with Crippen molar-refractivity contribution in [2.75, 3.05) is 22.4 Å². The Balaban J connectivity index is 2.22. The summed E-state index contributed by atoms with van der Waals surface area (Å²) in [4.78, 5) is 12.2. The van der Waals surface area contributed by atoms with Gasteiger partial charge in [-0.3, -0.25) is 9.10 Å². The Morgan fingerprint density at radius 2 is 1.62 bits per heavy atom. The average Bonchev–Trinajstić information content (AvgIpc) is 2.48. The molecule has 0 saturated heterocycles. The predicted molar refractivity (Wildman–Crippen MR) is 98.7 cm³/mol. The Labute approximate surface area is 155 Å². The van der Waals surface area contributed by atoms with Crippen LogP contribution in [0.15, 0.2) is 42.5 Å². The largest absolute Gasteiger partial charge is 0.323 e. The first-order valence-corrected chi connectivity index (χ1v) is 9.63. The summed E-state index contributed by atoms with van der Waals surface area (Å²) in [5.74, 6) is -0.556. The Morgan fingerprint density at radius 1 is 1.04 bits per heavy atom. The summed E-state index contributed by atoms with van der Waals surface area (Å²) < 4.78 is 25.0.